The summed E-state index contributed by atoms with van der Waals surface area (Å²) in [5.41, 5.74) is 1.13. The van der Waals surface area contributed by atoms with Crippen LogP contribution in [-0.2, 0) is 4.79 Å². The van der Waals surface area contributed by atoms with Crippen molar-refractivity contribution in [2.75, 3.05) is 12.3 Å². The van der Waals surface area contributed by atoms with E-state index in [1.54, 1.807) is 18.0 Å². The molecule has 0 bridgehead atoms. The molecular weight excluding hydrogens is 258 g/mol. The lowest BCUT2D eigenvalue weighted by Gasteiger charge is -2.14. The van der Waals surface area contributed by atoms with E-state index in [1.807, 2.05) is 18.3 Å². The van der Waals surface area contributed by atoms with Gasteiger partial charge >= 0.3 is 0 Å². The molecule has 2 N–H and O–H groups in total. The molecule has 2 heterocycles. The summed E-state index contributed by atoms with van der Waals surface area (Å²) in [4.78, 5) is 16.1. The third-order valence-corrected chi connectivity index (χ3v) is 4.37. The van der Waals surface area contributed by atoms with Gasteiger partial charge in [0.1, 0.15) is 0 Å². The number of aromatic nitrogens is 1. The molecule has 1 fully saturated rings. The first-order valence-electron chi connectivity index (χ1n) is 6.72. The Morgan fingerprint density at radius 1 is 1.63 bits per heavy atom. The molecule has 0 radical (unpaired) electrons. The maximum atomic E-state index is 12.0. The minimum absolute atomic E-state index is 0.0950. The number of amides is 1. The minimum Gasteiger partial charge on any atom is -0.355 e. The number of rotatable bonds is 5. The van der Waals surface area contributed by atoms with Gasteiger partial charge in [0.15, 0.2) is 0 Å². The van der Waals surface area contributed by atoms with Gasteiger partial charge < -0.3 is 5.32 Å². The second-order valence-electron chi connectivity index (χ2n) is 5.19. The number of thioether (sulfide) groups is 1. The van der Waals surface area contributed by atoms with E-state index in [4.69, 9.17) is 0 Å². The van der Waals surface area contributed by atoms with Crippen LogP contribution in [0.1, 0.15) is 31.2 Å². The van der Waals surface area contributed by atoms with Crippen LogP contribution in [0.3, 0.4) is 0 Å². The molecule has 0 saturated carbocycles. The van der Waals surface area contributed by atoms with Gasteiger partial charge in [-0.1, -0.05) is 19.9 Å². The van der Waals surface area contributed by atoms with E-state index in [2.05, 4.69) is 29.5 Å². The summed E-state index contributed by atoms with van der Waals surface area (Å²) in [7, 11) is 0. The van der Waals surface area contributed by atoms with Crippen LogP contribution in [0, 0.1) is 5.92 Å². The Morgan fingerprint density at radius 2 is 2.47 bits per heavy atom. The molecule has 0 aliphatic carbocycles. The van der Waals surface area contributed by atoms with Gasteiger partial charge in [0.25, 0.3) is 0 Å². The molecule has 1 aliphatic heterocycles. The molecule has 19 heavy (non-hydrogen) atoms. The molecule has 1 amide bonds. The largest absolute Gasteiger partial charge is 0.355 e. The van der Waals surface area contributed by atoms with Crippen LogP contribution in [0.25, 0.3) is 0 Å². The molecule has 104 valence electrons. The molecule has 5 heteroatoms. The van der Waals surface area contributed by atoms with Crippen LogP contribution < -0.4 is 10.6 Å². The Balaban J connectivity index is 1.80. The van der Waals surface area contributed by atoms with Crippen molar-refractivity contribution in [1.29, 1.82) is 0 Å². The maximum Gasteiger partial charge on any atom is 0.238 e. The predicted molar refractivity (Wildman–Crippen MR) is 78.8 cm³/mol. The summed E-state index contributed by atoms with van der Waals surface area (Å²) in [5.74, 6) is 1.54. The third-order valence-electron chi connectivity index (χ3n) is 3.11. The summed E-state index contributed by atoms with van der Waals surface area (Å²) in [6.07, 6.45) is 4.64. The Hall–Kier alpha value is -1.07. The Kier molecular flexibility index (Phi) is 5.22. The zero-order valence-corrected chi connectivity index (χ0v) is 12.2. The molecule has 1 aromatic heterocycles. The molecule has 0 aromatic carbocycles. The smallest absolute Gasteiger partial charge is 0.238 e. The van der Waals surface area contributed by atoms with Crippen LogP contribution in [0.15, 0.2) is 24.5 Å². The third kappa shape index (κ3) is 4.21. The molecule has 0 spiro atoms. The number of carbonyl (C=O) groups excluding carboxylic acids is 1. The van der Waals surface area contributed by atoms with Crippen molar-refractivity contribution in [3.05, 3.63) is 30.1 Å². The fraction of sp³-hybridized carbons (Fsp3) is 0.571. The van der Waals surface area contributed by atoms with Crippen molar-refractivity contribution < 1.29 is 4.79 Å². The summed E-state index contributed by atoms with van der Waals surface area (Å²) in [6.45, 7) is 5.08. The quantitative estimate of drug-likeness (QED) is 0.865. The first kappa shape index (κ1) is 14.3. The highest BCUT2D eigenvalue weighted by Crippen LogP contribution is 2.32. The zero-order valence-electron chi connectivity index (χ0n) is 11.4. The summed E-state index contributed by atoms with van der Waals surface area (Å²) in [6, 6.07) is 3.87. The molecule has 1 saturated heterocycles. The zero-order chi connectivity index (χ0) is 13.7. The number of pyridine rings is 1. The van der Waals surface area contributed by atoms with Gasteiger partial charge in [-0.3, -0.25) is 15.1 Å². The van der Waals surface area contributed by atoms with Gasteiger partial charge in [-0.2, -0.15) is 0 Å². The standard InChI is InChI=1S/C14H21N3OS/c1-10(2)5-7-16-13(18)12-9-19-14(17-12)11-4-3-6-15-8-11/h3-4,6,8,10,12,14,17H,5,7,9H2,1-2H3,(H,16,18). The van der Waals surface area contributed by atoms with E-state index >= 15 is 0 Å². The van der Waals surface area contributed by atoms with Crippen LogP contribution in [0.2, 0.25) is 0 Å². The number of hydrogen-bond acceptors (Lipinski definition) is 4. The number of carbonyl (C=O) groups is 1. The van der Waals surface area contributed by atoms with E-state index < -0.39 is 0 Å². The first-order valence-corrected chi connectivity index (χ1v) is 7.77. The van der Waals surface area contributed by atoms with Crippen molar-refractivity contribution >= 4 is 17.7 Å². The highest BCUT2D eigenvalue weighted by atomic mass is 32.2. The van der Waals surface area contributed by atoms with E-state index in [0.717, 1.165) is 24.3 Å². The monoisotopic (exact) mass is 279 g/mol. The van der Waals surface area contributed by atoms with Crippen molar-refractivity contribution in [1.82, 2.24) is 15.6 Å². The van der Waals surface area contributed by atoms with Crippen molar-refractivity contribution in [2.45, 2.75) is 31.7 Å². The van der Waals surface area contributed by atoms with Gasteiger partial charge in [-0.25, -0.2) is 0 Å². The molecule has 2 rings (SSSR count). The Labute approximate surface area is 118 Å². The lowest BCUT2D eigenvalue weighted by atomic mass is 10.1. The molecule has 2 unspecified atom stereocenters. The molecular formula is C14H21N3OS. The number of hydrogen-bond donors (Lipinski definition) is 2. The molecule has 4 nitrogen and oxygen atoms in total. The van der Waals surface area contributed by atoms with Crippen LogP contribution in [0.5, 0.6) is 0 Å². The predicted octanol–water partition coefficient (Wildman–Crippen LogP) is 1.95. The average Bonchev–Trinajstić information content (AvgIpc) is 2.89. The van der Waals surface area contributed by atoms with E-state index in [1.165, 1.54) is 0 Å². The van der Waals surface area contributed by atoms with Crippen LogP contribution >= 0.6 is 11.8 Å². The van der Waals surface area contributed by atoms with Crippen LogP contribution in [0.4, 0.5) is 0 Å². The molecule has 2 atom stereocenters. The van der Waals surface area contributed by atoms with Crippen molar-refractivity contribution in [3.8, 4) is 0 Å². The van der Waals surface area contributed by atoms with E-state index in [-0.39, 0.29) is 17.3 Å². The molecule has 1 aliphatic rings. The highest BCUT2D eigenvalue weighted by molar-refractivity contribution is 7.99. The van der Waals surface area contributed by atoms with E-state index in [9.17, 15) is 4.79 Å². The van der Waals surface area contributed by atoms with Gasteiger partial charge in [-0.05, 0) is 24.0 Å². The summed E-state index contributed by atoms with van der Waals surface area (Å²) >= 11 is 1.76. The lowest BCUT2D eigenvalue weighted by molar-refractivity contribution is -0.122. The first-order chi connectivity index (χ1) is 9.16. The number of nitrogens with zero attached hydrogens (tertiary/aromatic N) is 1. The Morgan fingerprint density at radius 3 is 3.16 bits per heavy atom. The lowest BCUT2D eigenvalue weighted by Crippen LogP contribution is -2.43. The second kappa shape index (κ2) is 6.91. The van der Waals surface area contributed by atoms with Gasteiger partial charge in [0, 0.05) is 24.7 Å². The minimum atomic E-state index is -0.0950. The van der Waals surface area contributed by atoms with Crippen LogP contribution in [-0.4, -0.2) is 29.2 Å². The second-order valence-corrected chi connectivity index (χ2v) is 6.33. The summed E-state index contributed by atoms with van der Waals surface area (Å²) in [5, 5.41) is 6.53. The summed E-state index contributed by atoms with van der Waals surface area (Å²) < 4.78 is 0. The topological polar surface area (TPSA) is 54.0 Å². The molecule has 1 aromatic rings. The highest BCUT2D eigenvalue weighted by Gasteiger charge is 2.30. The van der Waals surface area contributed by atoms with Crippen molar-refractivity contribution in [3.63, 3.8) is 0 Å². The van der Waals surface area contributed by atoms with Gasteiger partial charge in [0.2, 0.25) is 5.91 Å². The average molecular weight is 279 g/mol. The maximum absolute atomic E-state index is 12.0. The van der Waals surface area contributed by atoms with Gasteiger partial charge in [0.05, 0.1) is 11.4 Å². The SMILES string of the molecule is CC(C)CCNC(=O)C1CSC(c2cccnc2)N1. The fourth-order valence-electron chi connectivity index (χ4n) is 1.95. The fourth-order valence-corrected chi connectivity index (χ4v) is 3.18. The Bertz CT molecular complexity index is 410. The van der Waals surface area contributed by atoms with Gasteiger partial charge in [-0.15, -0.1) is 11.8 Å². The van der Waals surface area contributed by atoms with Crippen molar-refractivity contribution in [2.24, 2.45) is 5.92 Å². The normalized spacial score (nSPS) is 22.7. The number of nitrogens with one attached hydrogen (secondary N) is 2. The van der Waals surface area contributed by atoms with E-state index in [0.29, 0.717) is 5.92 Å².